The zero-order chi connectivity index (χ0) is 19.4. The first kappa shape index (κ1) is 19.2. The van der Waals surface area contributed by atoms with E-state index in [-0.39, 0.29) is 11.1 Å². The van der Waals surface area contributed by atoms with Gasteiger partial charge in [0.1, 0.15) is 5.82 Å². The van der Waals surface area contributed by atoms with Gasteiger partial charge >= 0.3 is 6.18 Å². The van der Waals surface area contributed by atoms with Crippen molar-refractivity contribution >= 4 is 11.7 Å². The van der Waals surface area contributed by atoms with E-state index in [9.17, 15) is 18.0 Å². The van der Waals surface area contributed by atoms with E-state index in [0.717, 1.165) is 12.6 Å². The van der Waals surface area contributed by atoms with Crippen LogP contribution in [0.5, 0.6) is 0 Å². The molecular formula is C20H22F3N3O. The normalized spacial score (nSPS) is 15.5. The molecule has 0 radical (unpaired) electrons. The quantitative estimate of drug-likeness (QED) is 0.782. The minimum absolute atomic E-state index is 0.0289. The van der Waals surface area contributed by atoms with E-state index >= 15 is 0 Å². The van der Waals surface area contributed by atoms with Crippen molar-refractivity contribution in [3.8, 4) is 11.1 Å². The van der Waals surface area contributed by atoms with Gasteiger partial charge in [0, 0.05) is 23.9 Å². The predicted octanol–water partition coefficient (Wildman–Crippen LogP) is 4.86. The van der Waals surface area contributed by atoms with Gasteiger partial charge in [-0.15, -0.1) is 0 Å². The minimum atomic E-state index is -4.60. The number of nitrogens with zero attached hydrogens (tertiary/aromatic N) is 1. The first-order valence-electron chi connectivity index (χ1n) is 9.06. The van der Waals surface area contributed by atoms with Gasteiger partial charge in [-0.25, -0.2) is 4.98 Å². The van der Waals surface area contributed by atoms with Crippen LogP contribution in [-0.2, 0) is 6.18 Å². The number of amides is 1. The van der Waals surface area contributed by atoms with Crippen LogP contribution in [-0.4, -0.2) is 17.4 Å². The largest absolute Gasteiger partial charge is 0.417 e. The van der Waals surface area contributed by atoms with Crippen LogP contribution in [0.3, 0.4) is 0 Å². The van der Waals surface area contributed by atoms with Crippen molar-refractivity contribution in [3.05, 3.63) is 47.7 Å². The highest BCUT2D eigenvalue weighted by Crippen LogP contribution is 2.37. The Labute approximate surface area is 156 Å². The number of rotatable bonds is 5. The lowest BCUT2D eigenvalue weighted by molar-refractivity contribution is -0.137. The number of halogens is 3. The number of primary amides is 1. The summed E-state index contributed by atoms with van der Waals surface area (Å²) in [7, 11) is 0. The van der Waals surface area contributed by atoms with Crippen LogP contribution in [0, 0.1) is 5.92 Å². The topological polar surface area (TPSA) is 68.0 Å². The molecule has 0 spiro atoms. The fourth-order valence-corrected chi connectivity index (χ4v) is 3.48. The van der Waals surface area contributed by atoms with Crippen LogP contribution < -0.4 is 11.1 Å². The third kappa shape index (κ3) is 4.78. The van der Waals surface area contributed by atoms with Crippen LogP contribution in [0.4, 0.5) is 19.0 Å². The summed E-state index contributed by atoms with van der Waals surface area (Å²) in [6, 6.07) is 6.62. The lowest BCUT2D eigenvalue weighted by atomic mass is 9.89. The number of pyridine rings is 1. The summed E-state index contributed by atoms with van der Waals surface area (Å²) in [6.07, 6.45) is 3.01. The van der Waals surface area contributed by atoms with Crippen molar-refractivity contribution in [1.29, 1.82) is 0 Å². The van der Waals surface area contributed by atoms with Crippen molar-refractivity contribution in [1.82, 2.24) is 4.98 Å². The SMILES string of the molecule is NC(=O)c1ccc(-c2ccc(NCC3CCCCC3)nc2)c(C(F)(F)F)c1. The maximum atomic E-state index is 13.4. The molecule has 2 aromatic rings. The molecule has 1 aliphatic rings. The number of nitrogens with two attached hydrogens (primary N) is 1. The Balaban J connectivity index is 1.79. The van der Waals surface area contributed by atoms with Crippen LogP contribution in [0.15, 0.2) is 36.5 Å². The van der Waals surface area contributed by atoms with Gasteiger partial charge in [0.25, 0.3) is 0 Å². The molecule has 3 rings (SSSR count). The smallest absolute Gasteiger partial charge is 0.370 e. The van der Waals surface area contributed by atoms with Crippen molar-refractivity contribution < 1.29 is 18.0 Å². The van der Waals surface area contributed by atoms with Crippen LogP contribution in [0.25, 0.3) is 11.1 Å². The number of alkyl halides is 3. The zero-order valence-electron chi connectivity index (χ0n) is 14.9. The fraction of sp³-hybridized carbons (Fsp3) is 0.400. The second kappa shape index (κ2) is 7.98. The maximum absolute atomic E-state index is 13.4. The first-order chi connectivity index (χ1) is 12.8. The summed E-state index contributed by atoms with van der Waals surface area (Å²) in [5, 5.41) is 3.27. The van der Waals surface area contributed by atoms with Crippen molar-refractivity contribution in [3.63, 3.8) is 0 Å². The van der Waals surface area contributed by atoms with Crippen molar-refractivity contribution in [2.24, 2.45) is 11.7 Å². The molecule has 1 aromatic heterocycles. The Bertz CT molecular complexity index is 797. The summed E-state index contributed by atoms with van der Waals surface area (Å²) >= 11 is 0. The van der Waals surface area contributed by atoms with E-state index in [2.05, 4.69) is 10.3 Å². The van der Waals surface area contributed by atoms with Crippen molar-refractivity contribution in [2.75, 3.05) is 11.9 Å². The summed E-state index contributed by atoms with van der Waals surface area (Å²) in [5.74, 6) is 0.373. The number of aromatic nitrogens is 1. The molecule has 0 unspecified atom stereocenters. The van der Waals surface area contributed by atoms with Gasteiger partial charge in [0.15, 0.2) is 0 Å². The first-order valence-corrected chi connectivity index (χ1v) is 9.06. The van der Waals surface area contributed by atoms with E-state index in [1.807, 2.05) is 0 Å². The van der Waals surface area contributed by atoms with E-state index in [1.165, 1.54) is 50.4 Å². The van der Waals surface area contributed by atoms with Gasteiger partial charge in [0.05, 0.1) is 5.56 Å². The molecule has 7 heteroatoms. The average molecular weight is 377 g/mol. The number of anilines is 1. The monoisotopic (exact) mass is 377 g/mol. The standard InChI is InChI=1S/C20H22F3N3O/c21-20(22,23)17-10-14(19(24)27)6-8-16(17)15-7-9-18(26-12-15)25-11-13-4-2-1-3-5-13/h6-10,12-13H,1-5,11H2,(H2,24,27)(H,25,26). The summed E-state index contributed by atoms with van der Waals surface area (Å²) < 4.78 is 40.2. The van der Waals surface area contributed by atoms with Gasteiger partial charge in [-0.2, -0.15) is 13.2 Å². The molecule has 0 aliphatic heterocycles. The number of carbonyl (C=O) groups is 1. The summed E-state index contributed by atoms with van der Waals surface area (Å²) in [4.78, 5) is 15.5. The number of carbonyl (C=O) groups excluding carboxylic acids is 1. The van der Waals surface area contributed by atoms with E-state index in [1.54, 1.807) is 12.1 Å². The highest BCUT2D eigenvalue weighted by Gasteiger charge is 2.34. The maximum Gasteiger partial charge on any atom is 0.417 e. The van der Waals surface area contributed by atoms with Gasteiger partial charge in [-0.1, -0.05) is 25.3 Å². The van der Waals surface area contributed by atoms with Crippen LogP contribution >= 0.6 is 0 Å². The fourth-order valence-electron chi connectivity index (χ4n) is 3.48. The van der Waals surface area contributed by atoms with E-state index in [0.29, 0.717) is 17.3 Å². The Morgan fingerprint density at radius 2 is 1.89 bits per heavy atom. The molecule has 0 saturated heterocycles. The highest BCUT2D eigenvalue weighted by molar-refractivity contribution is 5.93. The molecule has 1 amide bonds. The highest BCUT2D eigenvalue weighted by atomic mass is 19.4. The molecule has 1 aliphatic carbocycles. The van der Waals surface area contributed by atoms with Gasteiger partial charge in [-0.05, 0) is 48.6 Å². The molecule has 1 fully saturated rings. The Morgan fingerprint density at radius 3 is 2.48 bits per heavy atom. The minimum Gasteiger partial charge on any atom is -0.370 e. The molecule has 1 aromatic carbocycles. The Kier molecular flexibility index (Phi) is 5.68. The predicted molar refractivity (Wildman–Crippen MR) is 98.3 cm³/mol. The molecule has 0 atom stereocenters. The molecule has 4 nitrogen and oxygen atoms in total. The van der Waals surface area contributed by atoms with Crippen molar-refractivity contribution in [2.45, 2.75) is 38.3 Å². The number of hydrogen-bond donors (Lipinski definition) is 2. The lowest BCUT2D eigenvalue weighted by Crippen LogP contribution is -2.17. The molecular weight excluding hydrogens is 355 g/mol. The Hall–Kier alpha value is -2.57. The summed E-state index contributed by atoms with van der Waals surface area (Å²) in [6.45, 7) is 0.827. The van der Waals surface area contributed by atoms with Crippen LogP contribution in [0.1, 0.15) is 48.0 Å². The van der Waals surface area contributed by atoms with Crippen LogP contribution in [0.2, 0.25) is 0 Å². The lowest BCUT2D eigenvalue weighted by Gasteiger charge is -2.22. The zero-order valence-corrected chi connectivity index (χ0v) is 14.9. The molecule has 144 valence electrons. The third-order valence-corrected chi connectivity index (χ3v) is 4.98. The number of hydrogen-bond acceptors (Lipinski definition) is 3. The average Bonchev–Trinajstić information content (AvgIpc) is 2.66. The Morgan fingerprint density at radius 1 is 1.15 bits per heavy atom. The second-order valence-corrected chi connectivity index (χ2v) is 6.94. The van der Waals surface area contributed by atoms with E-state index in [4.69, 9.17) is 5.73 Å². The second-order valence-electron chi connectivity index (χ2n) is 6.94. The van der Waals surface area contributed by atoms with Gasteiger partial charge in [-0.3, -0.25) is 4.79 Å². The van der Waals surface area contributed by atoms with Gasteiger partial charge in [0.2, 0.25) is 5.91 Å². The molecule has 0 bridgehead atoms. The van der Waals surface area contributed by atoms with Gasteiger partial charge < -0.3 is 11.1 Å². The molecule has 27 heavy (non-hydrogen) atoms. The molecule has 3 N–H and O–H groups in total. The van der Waals surface area contributed by atoms with E-state index < -0.39 is 17.6 Å². The number of nitrogens with one attached hydrogen (secondary N) is 1. The molecule has 1 heterocycles. The molecule has 1 saturated carbocycles. The summed E-state index contributed by atoms with van der Waals surface area (Å²) in [5.41, 5.74) is 4.33. The number of benzene rings is 1. The third-order valence-electron chi connectivity index (χ3n) is 4.98.